The second kappa shape index (κ2) is 10.9. The van der Waals surface area contributed by atoms with Crippen LogP contribution in [0.4, 0.5) is 23.2 Å². The van der Waals surface area contributed by atoms with Crippen LogP contribution < -0.4 is 0 Å². The van der Waals surface area contributed by atoms with Crippen LogP contribution in [-0.4, -0.2) is 5.16 Å². The van der Waals surface area contributed by atoms with E-state index in [-0.39, 0.29) is 5.56 Å². The van der Waals surface area contributed by atoms with E-state index in [4.69, 9.17) is 0 Å². The molecule has 0 aliphatic heterocycles. The number of thiocarbonyl (C=S) groups is 1. The Labute approximate surface area is 189 Å². The van der Waals surface area contributed by atoms with Gasteiger partial charge < -0.3 is 0 Å². The first kappa shape index (κ1) is 23.4. The van der Waals surface area contributed by atoms with Crippen molar-refractivity contribution in [3.63, 3.8) is 0 Å². The number of nitrogens with zero attached hydrogens (tertiary/aromatic N) is 1. The van der Waals surface area contributed by atoms with E-state index in [9.17, 15) is 17.6 Å². The summed E-state index contributed by atoms with van der Waals surface area (Å²) in [6.45, 7) is 2.14. The quantitative estimate of drug-likeness (QED) is 0.122. The van der Waals surface area contributed by atoms with E-state index in [0.717, 1.165) is 37.8 Å². The molecule has 1 nitrogen and oxygen atoms in total. The molecule has 0 aliphatic rings. The number of hydrogen-bond acceptors (Lipinski definition) is 2. The van der Waals surface area contributed by atoms with Crippen LogP contribution in [0.25, 0.3) is 11.1 Å². The predicted molar refractivity (Wildman–Crippen MR) is 122 cm³/mol. The average Bonchev–Trinajstić information content (AvgIpc) is 2.76. The second-order valence-electron chi connectivity index (χ2n) is 7.21. The minimum absolute atomic E-state index is 0.0927. The van der Waals surface area contributed by atoms with Crippen LogP contribution in [-0.2, 0) is 6.42 Å². The number of hydrogen-bond donors (Lipinski definition) is 0. The Kier molecular flexibility index (Phi) is 7.94. The Bertz CT molecular complexity index is 1190. The molecule has 3 rings (SSSR count). The van der Waals surface area contributed by atoms with E-state index in [1.807, 2.05) is 29.4 Å². The van der Waals surface area contributed by atoms with Gasteiger partial charge in [0.15, 0.2) is 11.6 Å². The maximum absolute atomic E-state index is 14.6. The van der Waals surface area contributed by atoms with Crippen LogP contribution in [0, 0.1) is 35.1 Å². The largest absolute Gasteiger partial charge is 0.205 e. The molecular formula is C26H19F4NS. The van der Waals surface area contributed by atoms with Crippen molar-refractivity contribution in [2.24, 2.45) is 4.99 Å². The molecule has 0 saturated heterocycles. The number of unbranched alkanes of at least 4 members (excludes halogenated alkanes) is 2. The average molecular weight is 454 g/mol. The molecule has 0 spiro atoms. The third kappa shape index (κ3) is 5.70. The fourth-order valence-corrected chi connectivity index (χ4v) is 3.32. The highest BCUT2D eigenvalue weighted by molar-refractivity contribution is 7.78. The molecule has 0 bridgehead atoms. The number of benzene rings is 3. The SMILES string of the molecule is CCCCCc1ccc(-c2cc(F)c(C#Cc3cc(F)c(N=C=S)c(F)c3)c(F)c2)cc1. The van der Waals surface area contributed by atoms with Crippen molar-refractivity contribution in [3.8, 4) is 23.0 Å². The fourth-order valence-electron chi connectivity index (χ4n) is 3.23. The van der Waals surface area contributed by atoms with E-state index in [2.05, 4.69) is 36.0 Å². The molecule has 0 radical (unpaired) electrons. The van der Waals surface area contributed by atoms with Crippen LogP contribution in [0.1, 0.15) is 42.9 Å². The number of halogens is 4. The number of aryl methyl sites for hydroxylation is 1. The van der Waals surface area contributed by atoms with Gasteiger partial charge in [0.05, 0.1) is 10.7 Å². The van der Waals surface area contributed by atoms with Gasteiger partial charge in [0, 0.05) is 5.56 Å². The second-order valence-corrected chi connectivity index (χ2v) is 7.39. The molecule has 0 saturated carbocycles. The molecule has 32 heavy (non-hydrogen) atoms. The lowest BCUT2D eigenvalue weighted by atomic mass is 10.00. The van der Waals surface area contributed by atoms with Crippen LogP contribution in [0.3, 0.4) is 0 Å². The van der Waals surface area contributed by atoms with E-state index >= 15 is 0 Å². The summed E-state index contributed by atoms with van der Waals surface area (Å²) in [5.74, 6) is 0.990. The first-order valence-electron chi connectivity index (χ1n) is 10.1. The fraction of sp³-hybridized carbons (Fsp3) is 0.192. The van der Waals surface area contributed by atoms with Crippen molar-refractivity contribution in [3.05, 3.63) is 88.5 Å². The molecule has 0 aliphatic carbocycles. The molecule has 0 atom stereocenters. The number of isothiocyanates is 1. The van der Waals surface area contributed by atoms with Crippen molar-refractivity contribution in [2.45, 2.75) is 32.6 Å². The minimum atomic E-state index is -0.999. The lowest BCUT2D eigenvalue weighted by molar-refractivity contribution is 0.578. The maximum atomic E-state index is 14.6. The van der Waals surface area contributed by atoms with Crippen LogP contribution in [0.2, 0.25) is 0 Å². The molecule has 3 aromatic carbocycles. The summed E-state index contributed by atoms with van der Waals surface area (Å²) in [6, 6.07) is 11.8. The summed E-state index contributed by atoms with van der Waals surface area (Å²) in [7, 11) is 0. The normalized spacial score (nSPS) is 10.3. The Morgan fingerprint density at radius 3 is 1.97 bits per heavy atom. The van der Waals surface area contributed by atoms with E-state index < -0.39 is 34.5 Å². The van der Waals surface area contributed by atoms with Gasteiger partial charge in [-0.2, -0.15) is 4.99 Å². The molecular weight excluding hydrogens is 434 g/mol. The van der Waals surface area contributed by atoms with Crippen molar-refractivity contribution in [1.82, 2.24) is 0 Å². The van der Waals surface area contributed by atoms with Crippen molar-refractivity contribution in [2.75, 3.05) is 0 Å². The van der Waals surface area contributed by atoms with Gasteiger partial charge in [0.2, 0.25) is 0 Å². The molecule has 162 valence electrons. The van der Waals surface area contributed by atoms with Gasteiger partial charge in [-0.25, -0.2) is 17.6 Å². The van der Waals surface area contributed by atoms with Gasteiger partial charge in [-0.15, -0.1) is 0 Å². The van der Waals surface area contributed by atoms with Crippen LogP contribution in [0.15, 0.2) is 53.5 Å². The van der Waals surface area contributed by atoms with Gasteiger partial charge in [-0.3, -0.25) is 0 Å². The van der Waals surface area contributed by atoms with E-state index in [1.165, 1.54) is 17.7 Å². The summed E-state index contributed by atoms with van der Waals surface area (Å²) in [6.07, 6.45) is 4.36. The van der Waals surface area contributed by atoms with Crippen molar-refractivity contribution in [1.29, 1.82) is 0 Å². The smallest absolute Gasteiger partial charge is 0.153 e. The molecule has 0 amide bonds. The monoisotopic (exact) mass is 453 g/mol. The maximum Gasteiger partial charge on any atom is 0.153 e. The lowest BCUT2D eigenvalue weighted by Crippen LogP contribution is -1.93. The zero-order chi connectivity index (χ0) is 23.1. The third-order valence-electron chi connectivity index (χ3n) is 4.90. The Morgan fingerprint density at radius 2 is 1.41 bits per heavy atom. The van der Waals surface area contributed by atoms with Gasteiger partial charge in [-0.1, -0.05) is 55.9 Å². The first-order chi connectivity index (χ1) is 15.4. The van der Waals surface area contributed by atoms with Gasteiger partial charge in [0.1, 0.15) is 17.3 Å². The van der Waals surface area contributed by atoms with Gasteiger partial charge in [0.25, 0.3) is 0 Å². The van der Waals surface area contributed by atoms with Gasteiger partial charge in [-0.05, 0) is 66.0 Å². The summed E-state index contributed by atoms with van der Waals surface area (Å²) in [5.41, 5.74) is 1.07. The summed E-state index contributed by atoms with van der Waals surface area (Å²) < 4.78 is 57.0. The van der Waals surface area contributed by atoms with Crippen LogP contribution in [0.5, 0.6) is 0 Å². The lowest BCUT2D eigenvalue weighted by Gasteiger charge is -2.07. The molecule has 0 N–H and O–H groups in total. The zero-order valence-electron chi connectivity index (χ0n) is 17.3. The third-order valence-corrected chi connectivity index (χ3v) is 5.00. The molecule has 3 aromatic rings. The van der Waals surface area contributed by atoms with E-state index in [0.29, 0.717) is 11.1 Å². The molecule has 0 heterocycles. The van der Waals surface area contributed by atoms with Gasteiger partial charge >= 0.3 is 0 Å². The van der Waals surface area contributed by atoms with Crippen molar-refractivity contribution >= 4 is 23.1 Å². The minimum Gasteiger partial charge on any atom is -0.205 e. The molecule has 0 unspecified atom stereocenters. The Morgan fingerprint density at radius 1 is 0.781 bits per heavy atom. The summed E-state index contributed by atoms with van der Waals surface area (Å²) >= 11 is 4.34. The molecule has 0 aromatic heterocycles. The number of rotatable bonds is 6. The Balaban J connectivity index is 1.85. The van der Waals surface area contributed by atoms with Crippen molar-refractivity contribution < 1.29 is 17.6 Å². The predicted octanol–water partition coefficient (Wildman–Crippen LogP) is 7.78. The van der Waals surface area contributed by atoms with E-state index in [1.54, 1.807) is 0 Å². The molecule has 6 heteroatoms. The molecule has 0 fully saturated rings. The standard InChI is InChI=1S/C26H19F4NS/c1-2-3-4-5-17-6-9-19(10-7-17)20-14-22(27)21(23(28)15-20)11-8-18-12-24(29)26(31-16-32)25(30)13-18/h6-7,9-10,12-15H,2-5H2,1H3. The van der Waals surface area contributed by atoms with Crippen LogP contribution >= 0.6 is 12.2 Å². The highest BCUT2D eigenvalue weighted by atomic mass is 32.1. The summed E-state index contributed by atoms with van der Waals surface area (Å²) in [5, 5.41) is 1.88. The Hall–Kier alpha value is -3.26. The topological polar surface area (TPSA) is 12.4 Å². The zero-order valence-corrected chi connectivity index (χ0v) is 18.1. The highest BCUT2D eigenvalue weighted by Crippen LogP contribution is 2.26. The number of aliphatic imine (C=N–C) groups is 1. The first-order valence-corrected chi connectivity index (χ1v) is 10.5. The summed E-state index contributed by atoms with van der Waals surface area (Å²) in [4.78, 5) is 3.30. The highest BCUT2D eigenvalue weighted by Gasteiger charge is 2.12.